The van der Waals surface area contributed by atoms with E-state index in [9.17, 15) is 35.9 Å². The zero-order valence-electron chi connectivity index (χ0n) is 17.7. The van der Waals surface area contributed by atoms with Crippen molar-refractivity contribution in [3.63, 3.8) is 0 Å². The number of carbonyl (C=O) groups is 1. The summed E-state index contributed by atoms with van der Waals surface area (Å²) in [5, 5.41) is 9.25. The summed E-state index contributed by atoms with van der Waals surface area (Å²) in [7, 11) is -4.22. The Morgan fingerprint density at radius 2 is 1.60 bits per heavy atom. The van der Waals surface area contributed by atoms with Gasteiger partial charge in [0.15, 0.2) is 29.2 Å². The number of hydrogen-bond acceptors (Lipinski definition) is 4. The third-order valence-corrected chi connectivity index (χ3v) is 6.18. The number of anilines is 1. The van der Waals surface area contributed by atoms with Crippen LogP contribution in [0.2, 0.25) is 0 Å². The van der Waals surface area contributed by atoms with Crippen LogP contribution in [0.4, 0.5) is 28.9 Å². The van der Waals surface area contributed by atoms with Gasteiger partial charge in [-0.25, -0.2) is 31.0 Å². The quantitative estimate of drug-likeness (QED) is 0.158. The maximum absolute atomic E-state index is 14.4. The van der Waals surface area contributed by atoms with E-state index in [1.807, 2.05) is 0 Å². The highest BCUT2D eigenvalue weighted by molar-refractivity contribution is 7.92. The molecule has 35 heavy (non-hydrogen) atoms. The number of nitrogens with zero attached hydrogens (tertiary/aromatic N) is 1. The molecular formula is C22H18F4N4O4S. The van der Waals surface area contributed by atoms with E-state index in [2.05, 4.69) is 9.71 Å². The average Bonchev–Trinajstić information content (AvgIpc) is 2.76. The van der Waals surface area contributed by atoms with E-state index in [1.165, 1.54) is 42.5 Å². The van der Waals surface area contributed by atoms with Crippen LogP contribution in [0.5, 0.6) is 0 Å². The fourth-order valence-corrected chi connectivity index (χ4v) is 4.45. The summed E-state index contributed by atoms with van der Waals surface area (Å²) in [6.45, 7) is 0. The highest BCUT2D eigenvalue weighted by Crippen LogP contribution is 2.35. The van der Waals surface area contributed by atoms with Crippen molar-refractivity contribution < 1.29 is 35.9 Å². The molecule has 1 unspecified atom stereocenters. The maximum Gasteiger partial charge on any atom is 0.304 e. The Labute approximate surface area is 197 Å². The van der Waals surface area contributed by atoms with Gasteiger partial charge in [0.2, 0.25) is 0 Å². The molecule has 0 radical (unpaired) electrons. The Hall–Kier alpha value is -4.13. The number of aliphatic carboxylic acids is 1. The minimum atomic E-state index is -4.22. The van der Waals surface area contributed by atoms with Crippen LogP contribution in [0.3, 0.4) is 0 Å². The molecule has 0 fully saturated rings. The molecule has 0 aromatic heterocycles. The van der Waals surface area contributed by atoms with Gasteiger partial charge >= 0.3 is 5.97 Å². The zero-order chi connectivity index (χ0) is 25.9. The van der Waals surface area contributed by atoms with Gasteiger partial charge in [0.1, 0.15) is 0 Å². The zero-order valence-corrected chi connectivity index (χ0v) is 18.5. The van der Waals surface area contributed by atoms with Crippen molar-refractivity contribution in [2.45, 2.75) is 17.2 Å². The molecule has 0 bridgehead atoms. The SMILES string of the molecule is NC(N)=Nc1cccc(S(=O)(=O)Nc2cccc(C(CC(=O)O)c3c(F)c(F)cc(F)c3F)c2)c1. The minimum Gasteiger partial charge on any atom is -0.481 e. The van der Waals surface area contributed by atoms with Crippen LogP contribution in [-0.4, -0.2) is 25.5 Å². The number of halogens is 4. The minimum absolute atomic E-state index is 0.00694. The van der Waals surface area contributed by atoms with Crippen molar-refractivity contribution in [2.24, 2.45) is 16.5 Å². The van der Waals surface area contributed by atoms with Crippen LogP contribution in [0.1, 0.15) is 23.5 Å². The van der Waals surface area contributed by atoms with Crippen molar-refractivity contribution in [3.05, 3.63) is 89.0 Å². The van der Waals surface area contributed by atoms with Crippen molar-refractivity contribution in [3.8, 4) is 0 Å². The molecule has 0 spiro atoms. The number of nitrogens with two attached hydrogens (primary N) is 2. The van der Waals surface area contributed by atoms with E-state index < -0.39 is 57.2 Å². The number of nitrogens with one attached hydrogen (secondary N) is 1. The van der Waals surface area contributed by atoms with Gasteiger partial charge in [0, 0.05) is 23.2 Å². The predicted molar refractivity (Wildman–Crippen MR) is 120 cm³/mol. The average molecular weight is 510 g/mol. The molecule has 0 aliphatic carbocycles. The highest BCUT2D eigenvalue weighted by atomic mass is 32.2. The molecule has 0 aliphatic rings. The monoisotopic (exact) mass is 510 g/mol. The van der Waals surface area contributed by atoms with Gasteiger partial charge in [-0.2, -0.15) is 0 Å². The number of carboxylic acids is 1. The molecule has 184 valence electrons. The normalized spacial score (nSPS) is 12.1. The van der Waals surface area contributed by atoms with Crippen LogP contribution in [0, 0.1) is 23.3 Å². The van der Waals surface area contributed by atoms with E-state index in [-0.39, 0.29) is 33.9 Å². The molecule has 0 saturated heterocycles. The number of hydrogen-bond donors (Lipinski definition) is 4. The molecule has 3 rings (SSSR count). The molecular weight excluding hydrogens is 492 g/mol. The van der Waals surface area contributed by atoms with Crippen LogP contribution in [0.25, 0.3) is 0 Å². The second kappa shape index (κ2) is 10.0. The molecule has 0 amide bonds. The third-order valence-electron chi connectivity index (χ3n) is 4.80. The van der Waals surface area contributed by atoms with Gasteiger partial charge in [-0.3, -0.25) is 9.52 Å². The van der Waals surface area contributed by atoms with Crippen molar-refractivity contribution >= 4 is 33.3 Å². The second-order valence-corrected chi connectivity index (χ2v) is 8.98. The number of benzene rings is 3. The first-order chi connectivity index (χ1) is 16.4. The van der Waals surface area contributed by atoms with Crippen molar-refractivity contribution in [1.29, 1.82) is 0 Å². The van der Waals surface area contributed by atoms with Crippen LogP contribution < -0.4 is 16.2 Å². The van der Waals surface area contributed by atoms with E-state index in [0.29, 0.717) is 0 Å². The Balaban J connectivity index is 2.04. The van der Waals surface area contributed by atoms with Gasteiger partial charge in [-0.1, -0.05) is 18.2 Å². The standard InChI is InChI=1S/C22H18F4N4O4S/c23-16-10-17(24)21(26)19(20(16)25)15(9-18(31)32)11-3-1-5-13(7-11)30-35(33,34)14-6-2-4-12(8-14)29-22(27)28/h1-8,10,15,30H,9H2,(H,31,32)(H4,27,28,29). The summed E-state index contributed by atoms with van der Waals surface area (Å²) in [6, 6.07) is 10.2. The van der Waals surface area contributed by atoms with E-state index in [0.717, 1.165) is 6.07 Å². The molecule has 0 heterocycles. The Kier molecular flexibility index (Phi) is 7.29. The topological polar surface area (TPSA) is 148 Å². The van der Waals surface area contributed by atoms with E-state index in [4.69, 9.17) is 11.5 Å². The Morgan fingerprint density at radius 1 is 0.971 bits per heavy atom. The van der Waals surface area contributed by atoms with E-state index in [1.54, 1.807) is 0 Å². The summed E-state index contributed by atoms with van der Waals surface area (Å²) >= 11 is 0. The molecule has 0 saturated carbocycles. The second-order valence-electron chi connectivity index (χ2n) is 7.30. The highest BCUT2D eigenvalue weighted by Gasteiger charge is 2.29. The lowest BCUT2D eigenvalue weighted by Gasteiger charge is -2.19. The van der Waals surface area contributed by atoms with Crippen LogP contribution in [-0.2, 0) is 14.8 Å². The lowest BCUT2D eigenvalue weighted by atomic mass is 9.87. The third kappa shape index (κ3) is 5.87. The molecule has 3 aromatic carbocycles. The van der Waals surface area contributed by atoms with Gasteiger partial charge < -0.3 is 16.6 Å². The molecule has 13 heteroatoms. The number of aliphatic imine (C=N–C) groups is 1. The summed E-state index contributed by atoms with van der Waals surface area (Å²) in [6.07, 6.45) is -0.937. The van der Waals surface area contributed by atoms with Crippen LogP contribution in [0.15, 0.2) is 64.5 Å². The van der Waals surface area contributed by atoms with Crippen molar-refractivity contribution in [2.75, 3.05) is 4.72 Å². The fourth-order valence-electron chi connectivity index (χ4n) is 3.36. The lowest BCUT2D eigenvalue weighted by Crippen LogP contribution is -2.22. The number of sulfonamides is 1. The number of carboxylic acid groups (broad SMARTS) is 1. The molecule has 3 aromatic rings. The summed E-state index contributed by atoms with van der Waals surface area (Å²) in [5.41, 5.74) is 9.40. The number of guanidine groups is 1. The lowest BCUT2D eigenvalue weighted by molar-refractivity contribution is -0.137. The maximum atomic E-state index is 14.4. The molecule has 8 nitrogen and oxygen atoms in total. The smallest absolute Gasteiger partial charge is 0.304 e. The first kappa shape index (κ1) is 25.5. The van der Waals surface area contributed by atoms with Gasteiger partial charge in [0.05, 0.1) is 17.0 Å². The van der Waals surface area contributed by atoms with Crippen molar-refractivity contribution in [1.82, 2.24) is 0 Å². The van der Waals surface area contributed by atoms with Gasteiger partial charge in [0.25, 0.3) is 10.0 Å². The number of rotatable bonds is 8. The fraction of sp³-hybridized carbons (Fsp3) is 0.0909. The first-order valence-electron chi connectivity index (χ1n) is 9.76. The molecule has 6 N–H and O–H groups in total. The largest absolute Gasteiger partial charge is 0.481 e. The molecule has 1 atom stereocenters. The van der Waals surface area contributed by atoms with Gasteiger partial charge in [-0.05, 0) is 35.9 Å². The Morgan fingerprint density at radius 3 is 2.20 bits per heavy atom. The summed E-state index contributed by atoms with van der Waals surface area (Å²) in [5.74, 6) is -10.4. The van der Waals surface area contributed by atoms with E-state index >= 15 is 0 Å². The first-order valence-corrected chi connectivity index (χ1v) is 11.2. The summed E-state index contributed by atoms with van der Waals surface area (Å²) < 4.78 is 84.4. The van der Waals surface area contributed by atoms with Gasteiger partial charge in [-0.15, -0.1) is 0 Å². The predicted octanol–water partition coefficient (Wildman–Crippen LogP) is 3.56. The van der Waals surface area contributed by atoms with Crippen LogP contribution >= 0.6 is 0 Å². The summed E-state index contributed by atoms with van der Waals surface area (Å²) in [4.78, 5) is 14.9. The molecule has 0 aliphatic heterocycles. The Bertz CT molecular complexity index is 1400.